The molecule has 18 heavy (non-hydrogen) atoms. The van der Waals surface area contributed by atoms with E-state index in [4.69, 9.17) is 32.4 Å². The quantitative estimate of drug-likeness (QED) is 0.796. The number of ketones is 1. The van der Waals surface area contributed by atoms with E-state index in [1.165, 1.54) is 19.2 Å². The molecule has 0 aliphatic carbocycles. The number of hydrogen-bond acceptors (Lipinski definition) is 3. The Kier molecular flexibility index (Phi) is 3.64. The summed E-state index contributed by atoms with van der Waals surface area (Å²) in [6.07, 6.45) is 0. The van der Waals surface area contributed by atoms with Crippen molar-refractivity contribution < 1.29 is 13.9 Å². The lowest BCUT2D eigenvalue weighted by molar-refractivity contribution is 0.101. The van der Waals surface area contributed by atoms with Gasteiger partial charge < -0.3 is 9.15 Å². The highest BCUT2D eigenvalue weighted by Crippen LogP contribution is 2.32. The second-order valence-electron chi connectivity index (χ2n) is 3.71. The van der Waals surface area contributed by atoms with E-state index in [-0.39, 0.29) is 22.1 Å². The molecule has 0 saturated carbocycles. The van der Waals surface area contributed by atoms with Crippen molar-refractivity contribution in [1.29, 1.82) is 0 Å². The first kappa shape index (κ1) is 13.0. The Morgan fingerprint density at radius 1 is 1.22 bits per heavy atom. The Morgan fingerprint density at radius 3 is 2.50 bits per heavy atom. The summed E-state index contributed by atoms with van der Waals surface area (Å²) in [5, 5.41) is 0.601. The number of aryl methyl sites for hydroxylation is 1. The summed E-state index contributed by atoms with van der Waals surface area (Å²) >= 11 is 12.0. The first-order valence-corrected chi connectivity index (χ1v) is 5.92. The lowest BCUT2D eigenvalue weighted by atomic mass is 10.1. The molecule has 0 saturated heterocycles. The maximum Gasteiger partial charge on any atom is 0.229 e. The van der Waals surface area contributed by atoms with Gasteiger partial charge in [-0.25, -0.2) is 0 Å². The van der Waals surface area contributed by atoms with Crippen LogP contribution in [0.3, 0.4) is 0 Å². The van der Waals surface area contributed by atoms with Crippen molar-refractivity contribution in [3.05, 3.63) is 51.4 Å². The number of ether oxygens (including phenoxy) is 1. The summed E-state index contributed by atoms with van der Waals surface area (Å²) < 4.78 is 10.3. The second-order valence-corrected chi connectivity index (χ2v) is 4.52. The molecule has 0 N–H and O–H groups in total. The molecular formula is C13H10Cl2O3. The minimum atomic E-state index is -0.308. The average Bonchev–Trinajstić information content (AvgIpc) is 2.77. The smallest absolute Gasteiger partial charge is 0.229 e. The van der Waals surface area contributed by atoms with Gasteiger partial charge in [-0.05, 0) is 25.1 Å². The van der Waals surface area contributed by atoms with Gasteiger partial charge in [-0.15, -0.1) is 0 Å². The highest BCUT2D eigenvalue weighted by molar-refractivity contribution is 6.37. The molecule has 0 fully saturated rings. The van der Waals surface area contributed by atoms with Crippen LogP contribution in [0, 0.1) is 6.92 Å². The molecule has 1 heterocycles. The van der Waals surface area contributed by atoms with Crippen molar-refractivity contribution in [3.63, 3.8) is 0 Å². The van der Waals surface area contributed by atoms with Crippen LogP contribution in [0.15, 0.2) is 28.7 Å². The van der Waals surface area contributed by atoms with Crippen molar-refractivity contribution in [3.8, 4) is 5.75 Å². The van der Waals surface area contributed by atoms with Crippen LogP contribution in [0.2, 0.25) is 10.0 Å². The maximum absolute atomic E-state index is 12.2. The van der Waals surface area contributed by atoms with Crippen LogP contribution < -0.4 is 4.74 Å². The van der Waals surface area contributed by atoms with E-state index < -0.39 is 0 Å². The van der Waals surface area contributed by atoms with E-state index in [2.05, 4.69) is 0 Å². The number of benzene rings is 1. The number of halogens is 2. The van der Waals surface area contributed by atoms with Gasteiger partial charge in [0.1, 0.15) is 11.5 Å². The molecule has 94 valence electrons. The summed E-state index contributed by atoms with van der Waals surface area (Å²) in [4.78, 5) is 12.2. The van der Waals surface area contributed by atoms with Crippen molar-refractivity contribution in [1.82, 2.24) is 0 Å². The second kappa shape index (κ2) is 5.04. The summed E-state index contributed by atoms with van der Waals surface area (Å²) in [7, 11) is 1.48. The van der Waals surface area contributed by atoms with Crippen LogP contribution >= 0.6 is 23.2 Å². The fraction of sp³-hybridized carbons (Fsp3) is 0.154. The highest BCUT2D eigenvalue weighted by atomic mass is 35.5. The monoisotopic (exact) mass is 284 g/mol. The van der Waals surface area contributed by atoms with Crippen LogP contribution in [0.1, 0.15) is 21.9 Å². The minimum absolute atomic E-state index is 0.232. The molecule has 3 nitrogen and oxygen atoms in total. The normalized spacial score (nSPS) is 10.4. The number of hydrogen-bond donors (Lipinski definition) is 0. The predicted molar refractivity (Wildman–Crippen MR) is 69.9 cm³/mol. The van der Waals surface area contributed by atoms with Crippen LogP contribution in [-0.2, 0) is 0 Å². The van der Waals surface area contributed by atoms with E-state index in [1.807, 2.05) is 0 Å². The van der Waals surface area contributed by atoms with E-state index in [1.54, 1.807) is 19.1 Å². The summed E-state index contributed by atoms with van der Waals surface area (Å²) in [5.41, 5.74) is 0.289. The maximum atomic E-state index is 12.2. The largest absolute Gasteiger partial charge is 0.495 e. The first-order chi connectivity index (χ1) is 8.52. The van der Waals surface area contributed by atoms with Gasteiger partial charge in [0.15, 0.2) is 5.76 Å². The van der Waals surface area contributed by atoms with Crippen LogP contribution in [0.4, 0.5) is 0 Å². The van der Waals surface area contributed by atoms with E-state index in [0.29, 0.717) is 16.5 Å². The molecule has 0 amide bonds. The number of methoxy groups -OCH3 is 1. The zero-order valence-corrected chi connectivity index (χ0v) is 11.3. The van der Waals surface area contributed by atoms with Crippen LogP contribution in [0.25, 0.3) is 0 Å². The number of furan rings is 1. The van der Waals surface area contributed by atoms with Crippen molar-refractivity contribution in [2.24, 2.45) is 0 Å². The average molecular weight is 285 g/mol. The molecule has 1 aromatic heterocycles. The molecule has 0 spiro atoms. The molecule has 0 radical (unpaired) electrons. The third kappa shape index (κ3) is 2.37. The SMILES string of the molecule is COc1cc(Cl)c(C(=O)c2ccc(C)o2)cc1Cl. The lowest BCUT2D eigenvalue weighted by Crippen LogP contribution is -2.01. The number of carbonyl (C=O) groups is 1. The Hall–Kier alpha value is -1.45. The Bertz CT molecular complexity index is 602. The third-order valence-electron chi connectivity index (χ3n) is 2.45. The summed E-state index contributed by atoms with van der Waals surface area (Å²) in [5.74, 6) is 1.01. The minimum Gasteiger partial charge on any atom is -0.495 e. The molecule has 1 aromatic carbocycles. The molecule has 2 rings (SSSR count). The number of rotatable bonds is 3. The zero-order valence-electron chi connectivity index (χ0n) is 9.79. The Morgan fingerprint density at radius 2 is 1.94 bits per heavy atom. The van der Waals surface area contributed by atoms with E-state index in [9.17, 15) is 4.79 Å². The van der Waals surface area contributed by atoms with Crippen molar-refractivity contribution >= 4 is 29.0 Å². The van der Waals surface area contributed by atoms with Gasteiger partial charge in [0.2, 0.25) is 5.78 Å². The van der Waals surface area contributed by atoms with Crippen LogP contribution in [-0.4, -0.2) is 12.9 Å². The highest BCUT2D eigenvalue weighted by Gasteiger charge is 2.18. The van der Waals surface area contributed by atoms with Gasteiger partial charge in [-0.2, -0.15) is 0 Å². The lowest BCUT2D eigenvalue weighted by Gasteiger charge is -2.07. The Balaban J connectivity index is 2.45. The fourth-order valence-electron chi connectivity index (χ4n) is 1.55. The summed E-state index contributed by atoms with van der Waals surface area (Å²) in [6.45, 7) is 1.76. The molecular weight excluding hydrogens is 275 g/mol. The van der Waals surface area contributed by atoms with E-state index in [0.717, 1.165) is 0 Å². The van der Waals surface area contributed by atoms with Gasteiger partial charge in [0.25, 0.3) is 0 Å². The predicted octanol–water partition coefficient (Wildman–Crippen LogP) is 4.13. The fourth-order valence-corrected chi connectivity index (χ4v) is 2.03. The van der Waals surface area contributed by atoms with Crippen molar-refractivity contribution in [2.45, 2.75) is 6.92 Å². The standard InChI is InChI=1S/C13H10Cl2O3/c1-7-3-4-11(18-7)13(16)8-5-10(15)12(17-2)6-9(8)14/h3-6H,1-2H3. The zero-order chi connectivity index (χ0) is 13.3. The molecule has 2 aromatic rings. The molecule has 0 unspecified atom stereocenters. The molecule has 0 bridgehead atoms. The molecule has 0 aliphatic rings. The first-order valence-electron chi connectivity index (χ1n) is 5.17. The van der Waals surface area contributed by atoms with Gasteiger partial charge in [0, 0.05) is 11.6 Å². The van der Waals surface area contributed by atoms with Gasteiger partial charge in [-0.1, -0.05) is 23.2 Å². The van der Waals surface area contributed by atoms with Gasteiger partial charge in [-0.3, -0.25) is 4.79 Å². The molecule has 5 heteroatoms. The van der Waals surface area contributed by atoms with Crippen LogP contribution in [0.5, 0.6) is 5.75 Å². The van der Waals surface area contributed by atoms with Crippen molar-refractivity contribution in [2.75, 3.05) is 7.11 Å². The number of carbonyl (C=O) groups excluding carboxylic acids is 1. The molecule has 0 aliphatic heterocycles. The van der Waals surface area contributed by atoms with Gasteiger partial charge in [0.05, 0.1) is 17.2 Å². The van der Waals surface area contributed by atoms with Gasteiger partial charge >= 0.3 is 0 Å². The molecule has 0 atom stereocenters. The topological polar surface area (TPSA) is 39.4 Å². The summed E-state index contributed by atoms with van der Waals surface area (Å²) in [6, 6.07) is 6.30. The third-order valence-corrected chi connectivity index (χ3v) is 3.06. The van der Waals surface area contributed by atoms with E-state index >= 15 is 0 Å². The Labute approximate surface area is 114 Å².